The van der Waals surface area contributed by atoms with Gasteiger partial charge < -0.3 is 10.0 Å². The van der Waals surface area contributed by atoms with E-state index < -0.39 is 4.92 Å². The number of anilines is 1. The maximum Gasteiger partial charge on any atom is 0.312 e. The average Bonchev–Trinajstić information content (AvgIpc) is 2.35. The first-order chi connectivity index (χ1) is 8.01. The molecule has 17 heavy (non-hydrogen) atoms. The highest BCUT2D eigenvalue weighted by molar-refractivity contribution is 5.60. The standard InChI is InChI=1S/C10H12N4O3/c1-7(6-15)13(2)10-9(14(16)17)3-8(4-11)5-12-10/h3,5,7,15H,6H2,1-2H3. The van der Waals surface area contributed by atoms with Gasteiger partial charge in [0, 0.05) is 19.3 Å². The number of aliphatic hydroxyl groups is 1. The van der Waals surface area contributed by atoms with Gasteiger partial charge in [-0.15, -0.1) is 0 Å². The minimum absolute atomic E-state index is 0.130. The number of nitrogens with zero attached hydrogens (tertiary/aromatic N) is 4. The predicted molar refractivity (Wildman–Crippen MR) is 60.6 cm³/mol. The van der Waals surface area contributed by atoms with Gasteiger partial charge in [-0.05, 0) is 6.92 Å². The first-order valence-electron chi connectivity index (χ1n) is 4.89. The Kier molecular flexibility index (Phi) is 3.96. The van der Waals surface area contributed by atoms with E-state index in [4.69, 9.17) is 10.4 Å². The van der Waals surface area contributed by atoms with Crippen LogP contribution in [0.4, 0.5) is 11.5 Å². The fourth-order valence-corrected chi connectivity index (χ4v) is 1.24. The Hall–Kier alpha value is -2.20. The van der Waals surface area contributed by atoms with Crippen molar-refractivity contribution in [2.24, 2.45) is 0 Å². The third kappa shape index (κ3) is 2.68. The van der Waals surface area contributed by atoms with Crippen molar-refractivity contribution >= 4 is 11.5 Å². The molecule has 0 radical (unpaired) electrons. The number of pyridine rings is 1. The zero-order chi connectivity index (χ0) is 13.0. The summed E-state index contributed by atoms with van der Waals surface area (Å²) >= 11 is 0. The summed E-state index contributed by atoms with van der Waals surface area (Å²) in [6, 6.07) is 2.67. The molecule has 1 unspecified atom stereocenters. The van der Waals surface area contributed by atoms with Gasteiger partial charge in [0.25, 0.3) is 0 Å². The number of hydrogen-bond donors (Lipinski definition) is 1. The highest BCUT2D eigenvalue weighted by atomic mass is 16.6. The molecule has 1 aromatic heterocycles. The molecule has 90 valence electrons. The number of aliphatic hydroxyl groups excluding tert-OH is 1. The number of nitro groups is 1. The molecule has 1 aromatic rings. The van der Waals surface area contributed by atoms with Crippen molar-refractivity contribution in [1.82, 2.24) is 4.98 Å². The Morgan fingerprint density at radius 3 is 2.88 bits per heavy atom. The van der Waals surface area contributed by atoms with Gasteiger partial charge in [0.1, 0.15) is 6.07 Å². The molecule has 1 N–H and O–H groups in total. The molecule has 0 aliphatic carbocycles. The first kappa shape index (κ1) is 12.9. The van der Waals surface area contributed by atoms with E-state index in [1.165, 1.54) is 17.2 Å². The van der Waals surface area contributed by atoms with Crippen LogP contribution in [0.3, 0.4) is 0 Å². The highest BCUT2D eigenvalue weighted by Crippen LogP contribution is 2.26. The number of aromatic nitrogens is 1. The molecule has 7 nitrogen and oxygen atoms in total. The van der Waals surface area contributed by atoms with Gasteiger partial charge in [0.2, 0.25) is 5.82 Å². The summed E-state index contributed by atoms with van der Waals surface area (Å²) in [5.74, 6) is 0.135. The molecule has 0 aromatic carbocycles. The molecule has 0 fully saturated rings. The zero-order valence-electron chi connectivity index (χ0n) is 9.49. The summed E-state index contributed by atoms with van der Waals surface area (Å²) in [7, 11) is 1.60. The molecule has 7 heteroatoms. The fourth-order valence-electron chi connectivity index (χ4n) is 1.24. The smallest absolute Gasteiger partial charge is 0.312 e. The normalized spacial score (nSPS) is 11.6. The van der Waals surface area contributed by atoms with Crippen LogP contribution in [0.15, 0.2) is 12.3 Å². The topological polar surface area (TPSA) is 103 Å². The number of rotatable bonds is 4. The van der Waals surface area contributed by atoms with Crippen molar-refractivity contribution in [3.63, 3.8) is 0 Å². The average molecular weight is 236 g/mol. The minimum Gasteiger partial charge on any atom is -0.394 e. The lowest BCUT2D eigenvalue weighted by molar-refractivity contribution is -0.384. The molecule has 0 saturated carbocycles. The maximum absolute atomic E-state index is 10.9. The van der Waals surface area contributed by atoms with E-state index in [0.29, 0.717) is 0 Å². The lowest BCUT2D eigenvalue weighted by Gasteiger charge is -2.23. The number of likely N-dealkylation sites (N-methyl/N-ethyl adjacent to an activating group) is 1. The molecule has 0 aliphatic rings. The van der Waals surface area contributed by atoms with E-state index in [-0.39, 0.29) is 29.7 Å². The van der Waals surface area contributed by atoms with E-state index in [9.17, 15) is 10.1 Å². The van der Waals surface area contributed by atoms with Gasteiger partial charge in [-0.25, -0.2) is 4.98 Å². The van der Waals surface area contributed by atoms with E-state index in [2.05, 4.69) is 4.98 Å². The zero-order valence-corrected chi connectivity index (χ0v) is 9.49. The molecule has 0 aliphatic heterocycles. The van der Waals surface area contributed by atoms with Crippen LogP contribution in [-0.2, 0) is 0 Å². The van der Waals surface area contributed by atoms with E-state index >= 15 is 0 Å². The number of nitriles is 1. The molecular weight excluding hydrogens is 224 g/mol. The molecule has 1 rings (SSSR count). The summed E-state index contributed by atoms with van der Waals surface area (Å²) in [5, 5.41) is 28.5. The van der Waals surface area contributed by atoms with Gasteiger partial charge in [0.15, 0.2) is 0 Å². The highest BCUT2D eigenvalue weighted by Gasteiger charge is 2.22. The number of hydrogen-bond acceptors (Lipinski definition) is 6. The van der Waals surface area contributed by atoms with Crippen LogP contribution in [0.5, 0.6) is 0 Å². The van der Waals surface area contributed by atoms with Gasteiger partial charge in [-0.2, -0.15) is 5.26 Å². The molecule has 0 spiro atoms. The van der Waals surface area contributed by atoms with Gasteiger partial charge >= 0.3 is 5.69 Å². The molecule has 0 bridgehead atoms. The second kappa shape index (κ2) is 5.23. The van der Waals surface area contributed by atoms with Gasteiger partial charge in [0.05, 0.1) is 23.1 Å². The van der Waals surface area contributed by atoms with Crippen LogP contribution >= 0.6 is 0 Å². The quantitative estimate of drug-likeness (QED) is 0.609. The monoisotopic (exact) mass is 236 g/mol. The summed E-state index contributed by atoms with van der Waals surface area (Å²) in [6.45, 7) is 1.57. The predicted octanol–water partition coefficient (Wildman–Crippen LogP) is 0.678. The van der Waals surface area contributed by atoms with E-state index in [1.807, 2.05) is 0 Å². The van der Waals surface area contributed by atoms with Crippen LogP contribution < -0.4 is 4.90 Å². The van der Waals surface area contributed by atoms with Crippen molar-refractivity contribution in [3.8, 4) is 6.07 Å². The Morgan fingerprint density at radius 1 is 1.76 bits per heavy atom. The molecule has 1 heterocycles. The van der Waals surface area contributed by atoms with Crippen LogP contribution in [0, 0.1) is 21.4 Å². The van der Waals surface area contributed by atoms with E-state index in [0.717, 1.165) is 0 Å². The third-order valence-electron chi connectivity index (χ3n) is 2.43. The fraction of sp³-hybridized carbons (Fsp3) is 0.400. The summed E-state index contributed by atoms with van der Waals surface area (Å²) in [5.41, 5.74) is -0.114. The van der Waals surface area contributed by atoms with Gasteiger partial charge in [-0.3, -0.25) is 10.1 Å². The maximum atomic E-state index is 10.9. The largest absolute Gasteiger partial charge is 0.394 e. The van der Waals surface area contributed by atoms with Crippen LogP contribution in [0.25, 0.3) is 0 Å². The lowest BCUT2D eigenvalue weighted by Crippen LogP contribution is -2.33. The molecule has 0 saturated heterocycles. The summed E-state index contributed by atoms with van der Waals surface area (Å²) < 4.78 is 0. The van der Waals surface area contributed by atoms with Crippen molar-refractivity contribution in [1.29, 1.82) is 5.26 Å². The second-order valence-corrected chi connectivity index (χ2v) is 3.58. The molecule has 0 amide bonds. The molecular formula is C10H12N4O3. The Balaban J connectivity index is 3.24. The van der Waals surface area contributed by atoms with Crippen molar-refractivity contribution in [2.45, 2.75) is 13.0 Å². The Bertz CT molecular complexity index is 469. The Morgan fingerprint density at radius 2 is 2.41 bits per heavy atom. The third-order valence-corrected chi connectivity index (χ3v) is 2.43. The second-order valence-electron chi connectivity index (χ2n) is 3.58. The molecule has 1 atom stereocenters. The van der Waals surface area contributed by atoms with Crippen LogP contribution in [-0.4, -0.2) is 34.7 Å². The van der Waals surface area contributed by atoms with Crippen molar-refractivity contribution in [3.05, 3.63) is 27.9 Å². The van der Waals surface area contributed by atoms with E-state index in [1.54, 1.807) is 20.0 Å². The Labute approximate surface area is 98.1 Å². The first-order valence-corrected chi connectivity index (χ1v) is 4.89. The lowest BCUT2D eigenvalue weighted by atomic mass is 10.2. The van der Waals surface area contributed by atoms with Crippen LogP contribution in [0.1, 0.15) is 12.5 Å². The van der Waals surface area contributed by atoms with Crippen molar-refractivity contribution < 1.29 is 10.0 Å². The summed E-state index contributed by atoms with van der Waals surface area (Å²) in [4.78, 5) is 15.7. The van der Waals surface area contributed by atoms with Gasteiger partial charge in [-0.1, -0.05) is 0 Å². The summed E-state index contributed by atoms with van der Waals surface area (Å²) in [6.07, 6.45) is 1.27. The SMILES string of the molecule is CC(CO)N(C)c1ncc(C#N)cc1[N+](=O)[O-]. The van der Waals surface area contributed by atoms with Crippen LogP contribution in [0.2, 0.25) is 0 Å². The van der Waals surface area contributed by atoms with Crippen molar-refractivity contribution in [2.75, 3.05) is 18.6 Å². The minimum atomic E-state index is -0.593.